The number of nitrogens with one attached hydrogen (secondary N) is 1. The fourth-order valence-corrected chi connectivity index (χ4v) is 1.43. The van der Waals surface area contributed by atoms with Gasteiger partial charge in [0, 0.05) is 17.5 Å². The lowest BCUT2D eigenvalue weighted by molar-refractivity contribution is -0.117. The third-order valence-corrected chi connectivity index (χ3v) is 2.58. The van der Waals surface area contributed by atoms with Crippen LogP contribution in [0.25, 0.3) is 6.08 Å². The third kappa shape index (κ3) is 4.10. The van der Waals surface area contributed by atoms with E-state index < -0.39 is 0 Å². The first-order valence-corrected chi connectivity index (χ1v) is 5.81. The first-order chi connectivity index (χ1) is 8.56. The molecule has 0 saturated carbocycles. The summed E-state index contributed by atoms with van der Waals surface area (Å²) in [5.74, 6) is -0.266. The van der Waals surface area contributed by atoms with Crippen LogP contribution in [0.2, 0.25) is 0 Å². The first-order valence-electron chi connectivity index (χ1n) is 5.81. The zero-order chi connectivity index (χ0) is 13.5. The van der Waals surface area contributed by atoms with Gasteiger partial charge in [-0.15, -0.1) is 0 Å². The van der Waals surface area contributed by atoms with E-state index in [1.807, 2.05) is 6.92 Å². The van der Waals surface area contributed by atoms with Crippen molar-refractivity contribution in [2.24, 2.45) is 0 Å². The second-order valence-electron chi connectivity index (χ2n) is 4.02. The Morgan fingerprint density at radius 2 is 2.22 bits per heavy atom. The number of aliphatic hydroxyl groups is 1. The van der Waals surface area contributed by atoms with E-state index in [-0.39, 0.29) is 18.6 Å². The third-order valence-electron chi connectivity index (χ3n) is 2.58. The topological polar surface area (TPSA) is 101 Å². The van der Waals surface area contributed by atoms with Crippen LogP contribution in [0.4, 0.5) is 11.4 Å². The summed E-state index contributed by atoms with van der Waals surface area (Å²) in [4.78, 5) is 11.6. The molecule has 0 aromatic heterocycles. The highest BCUT2D eigenvalue weighted by molar-refractivity contribution is 5.92. The molecule has 0 heterocycles. The number of hydrogen-bond donors (Lipinski definition) is 4. The van der Waals surface area contributed by atoms with Gasteiger partial charge in [0.2, 0.25) is 5.91 Å². The maximum Gasteiger partial charge on any atom is 0.244 e. The molecule has 1 aromatic rings. The van der Waals surface area contributed by atoms with Gasteiger partial charge in [0.15, 0.2) is 0 Å². The fourth-order valence-electron chi connectivity index (χ4n) is 1.43. The van der Waals surface area contributed by atoms with E-state index in [0.717, 1.165) is 0 Å². The standard InChI is InChI=1S/C13H19N3O2/c1-2-11(8-17)16-13(18)6-3-9-7-10(14)4-5-12(9)15/h3-7,11,17H,2,8,14-15H2,1H3,(H,16,18)/b6-3+. The van der Waals surface area contributed by atoms with E-state index in [4.69, 9.17) is 16.6 Å². The monoisotopic (exact) mass is 249 g/mol. The van der Waals surface area contributed by atoms with Crippen LogP contribution in [0.3, 0.4) is 0 Å². The zero-order valence-corrected chi connectivity index (χ0v) is 10.4. The van der Waals surface area contributed by atoms with Crippen LogP contribution in [-0.2, 0) is 4.79 Å². The van der Waals surface area contributed by atoms with E-state index in [2.05, 4.69) is 5.32 Å². The molecule has 1 atom stereocenters. The number of amides is 1. The van der Waals surface area contributed by atoms with E-state index in [0.29, 0.717) is 23.4 Å². The number of benzene rings is 1. The number of nitrogens with two attached hydrogens (primary N) is 2. The van der Waals surface area contributed by atoms with Crippen molar-refractivity contribution in [2.45, 2.75) is 19.4 Å². The van der Waals surface area contributed by atoms with Crippen LogP contribution in [0.15, 0.2) is 24.3 Å². The van der Waals surface area contributed by atoms with Crippen molar-refractivity contribution in [3.8, 4) is 0 Å². The molecule has 0 radical (unpaired) electrons. The molecule has 0 saturated heterocycles. The molecule has 6 N–H and O–H groups in total. The Hall–Kier alpha value is -2.01. The Labute approximate surface area is 106 Å². The van der Waals surface area contributed by atoms with Gasteiger partial charge in [0.05, 0.1) is 12.6 Å². The quantitative estimate of drug-likeness (QED) is 0.457. The highest BCUT2D eigenvalue weighted by Crippen LogP contribution is 2.16. The van der Waals surface area contributed by atoms with Crippen molar-refractivity contribution in [2.75, 3.05) is 18.1 Å². The molecule has 0 aliphatic heterocycles. The lowest BCUT2D eigenvalue weighted by atomic mass is 10.1. The van der Waals surface area contributed by atoms with E-state index in [1.54, 1.807) is 24.3 Å². The summed E-state index contributed by atoms with van der Waals surface area (Å²) in [6.45, 7) is 1.82. The number of hydrogen-bond acceptors (Lipinski definition) is 4. The number of anilines is 2. The van der Waals surface area contributed by atoms with E-state index in [9.17, 15) is 4.79 Å². The average molecular weight is 249 g/mol. The number of carbonyl (C=O) groups is 1. The average Bonchev–Trinajstić information content (AvgIpc) is 2.37. The van der Waals surface area contributed by atoms with Gasteiger partial charge in [-0.25, -0.2) is 0 Å². The number of nitrogen functional groups attached to an aromatic ring is 2. The Kier molecular flexibility index (Phi) is 5.20. The Balaban J connectivity index is 2.68. The summed E-state index contributed by atoms with van der Waals surface area (Å²) in [6.07, 6.45) is 3.66. The van der Waals surface area contributed by atoms with Gasteiger partial charge in [-0.3, -0.25) is 4.79 Å². The molecule has 1 amide bonds. The van der Waals surface area contributed by atoms with Gasteiger partial charge in [-0.1, -0.05) is 6.92 Å². The van der Waals surface area contributed by atoms with Crippen LogP contribution < -0.4 is 16.8 Å². The summed E-state index contributed by atoms with van der Waals surface area (Å²) >= 11 is 0. The molecule has 0 spiro atoms. The van der Waals surface area contributed by atoms with Crippen molar-refractivity contribution in [3.05, 3.63) is 29.8 Å². The summed E-state index contributed by atoms with van der Waals surface area (Å²) in [5, 5.41) is 11.6. The van der Waals surface area contributed by atoms with Crippen LogP contribution in [0.5, 0.6) is 0 Å². The predicted molar refractivity (Wildman–Crippen MR) is 73.6 cm³/mol. The second kappa shape index (κ2) is 6.66. The summed E-state index contributed by atoms with van der Waals surface area (Å²) < 4.78 is 0. The van der Waals surface area contributed by atoms with Gasteiger partial charge in [0.25, 0.3) is 0 Å². The zero-order valence-electron chi connectivity index (χ0n) is 10.4. The SMILES string of the molecule is CCC(CO)NC(=O)/C=C/c1cc(N)ccc1N. The lowest BCUT2D eigenvalue weighted by Gasteiger charge is -2.11. The van der Waals surface area contributed by atoms with Crippen molar-refractivity contribution >= 4 is 23.4 Å². The Morgan fingerprint density at radius 1 is 1.50 bits per heavy atom. The second-order valence-corrected chi connectivity index (χ2v) is 4.02. The minimum atomic E-state index is -0.266. The molecule has 98 valence electrons. The molecule has 1 unspecified atom stereocenters. The molecule has 5 nitrogen and oxygen atoms in total. The minimum absolute atomic E-state index is 0.0729. The van der Waals surface area contributed by atoms with Crippen LogP contribution in [-0.4, -0.2) is 23.7 Å². The Morgan fingerprint density at radius 3 is 2.83 bits per heavy atom. The molecule has 18 heavy (non-hydrogen) atoms. The highest BCUT2D eigenvalue weighted by Gasteiger charge is 2.06. The summed E-state index contributed by atoms with van der Waals surface area (Å²) in [6, 6.07) is 4.86. The Bertz CT molecular complexity index is 440. The largest absolute Gasteiger partial charge is 0.399 e. The van der Waals surface area contributed by atoms with Gasteiger partial charge < -0.3 is 21.9 Å². The molecular weight excluding hydrogens is 230 g/mol. The van der Waals surface area contributed by atoms with Crippen LogP contribution >= 0.6 is 0 Å². The molecule has 5 heteroatoms. The molecule has 1 aromatic carbocycles. The summed E-state index contributed by atoms with van der Waals surface area (Å²) in [7, 11) is 0. The number of carbonyl (C=O) groups excluding carboxylic acids is 1. The predicted octanol–water partition coefficient (Wildman–Crippen LogP) is 0.751. The molecule has 1 rings (SSSR count). The number of rotatable bonds is 5. The molecule has 0 bridgehead atoms. The first kappa shape index (κ1) is 14.1. The highest BCUT2D eigenvalue weighted by atomic mass is 16.3. The molecular formula is C13H19N3O2. The van der Waals surface area contributed by atoms with Gasteiger partial charge in [-0.2, -0.15) is 0 Å². The number of aliphatic hydroxyl groups excluding tert-OH is 1. The normalized spacial score (nSPS) is 12.6. The smallest absolute Gasteiger partial charge is 0.244 e. The maximum atomic E-state index is 11.6. The van der Waals surface area contributed by atoms with Crippen molar-refractivity contribution < 1.29 is 9.90 Å². The van der Waals surface area contributed by atoms with Gasteiger partial charge in [0.1, 0.15) is 0 Å². The molecule has 0 aliphatic rings. The van der Waals surface area contributed by atoms with Crippen molar-refractivity contribution in [1.29, 1.82) is 0 Å². The van der Waals surface area contributed by atoms with Crippen LogP contribution in [0.1, 0.15) is 18.9 Å². The van der Waals surface area contributed by atoms with Crippen LogP contribution in [0, 0.1) is 0 Å². The fraction of sp³-hybridized carbons (Fsp3) is 0.308. The van der Waals surface area contributed by atoms with Crippen molar-refractivity contribution in [1.82, 2.24) is 5.32 Å². The maximum absolute atomic E-state index is 11.6. The van der Waals surface area contributed by atoms with E-state index >= 15 is 0 Å². The lowest BCUT2D eigenvalue weighted by Crippen LogP contribution is -2.35. The van der Waals surface area contributed by atoms with Gasteiger partial charge in [-0.05, 0) is 36.3 Å². The minimum Gasteiger partial charge on any atom is -0.399 e. The molecule has 0 aliphatic carbocycles. The summed E-state index contributed by atoms with van der Waals surface area (Å²) in [5.41, 5.74) is 13.2. The van der Waals surface area contributed by atoms with E-state index in [1.165, 1.54) is 6.08 Å². The van der Waals surface area contributed by atoms with Crippen molar-refractivity contribution in [3.63, 3.8) is 0 Å². The van der Waals surface area contributed by atoms with Gasteiger partial charge >= 0.3 is 0 Å². The molecule has 0 fully saturated rings.